The average Bonchev–Trinajstić information content (AvgIpc) is 3.55. The SMILES string of the molecule is O=C(CNC1CC1)N1CCn2c(nc(-c3ccc(F)cc3)c2Nc2ccc(F)cc2)C1. The molecule has 2 aromatic carbocycles. The number of nitrogens with one attached hydrogen (secondary N) is 2. The normalized spacial score (nSPS) is 15.6. The molecule has 3 aromatic rings. The molecule has 0 spiro atoms. The number of nitrogens with zero attached hydrogens (tertiary/aromatic N) is 3. The quantitative estimate of drug-likeness (QED) is 0.635. The first kappa shape index (κ1) is 19.7. The molecule has 1 aliphatic carbocycles. The van der Waals surface area contributed by atoms with E-state index < -0.39 is 0 Å². The van der Waals surface area contributed by atoms with E-state index in [-0.39, 0.29) is 17.5 Å². The zero-order valence-electron chi connectivity index (χ0n) is 16.9. The largest absolute Gasteiger partial charge is 0.340 e. The second kappa shape index (κ2) is 8.11. The van der Waals surface area contributed by atoms with Crippen LogP contribution in [0.2, 0.25) is 0 Å². The Morgan fingerprint density at radius 2 is 1.68 bits per heavy atom. The van der Waals surface area contributed by atoms with Crippen LogP contribution in [0.5, 0.6) is 0 Å². The fourth-order valence-electron chi connectivity index (χ4n) is 3.78. The van der Waals surface area contributed by atoms with E-state index in [1.165, 1.54) is 24.3 Å². The third-order valence-corrected chi connectivity index (χ3v) is 5.67. The standard InChI is InChI=1S/C23H23F2N5O/c24-16-3-1-15(2-4-16)22-23(27-19-7-5-17(25)6-8-19)30-12-11-29(14-20(30)28-22)21(31)13-26-18-9-10-18/h1-8,18,26-27H,9-14H2. The number of fused-ring (bicyclic) bond motifs is 1. The highest BCUT2D eigenvalue weighted by molar-refractivity contribution is 5.79. The van der Waals surface area contributed by atoms with Crippen LogP contribution in [0.25, 0.3) is 11.3 Å². The van der Waals surface area contributed by atoms with Gasteiger partial charge in [-0.25, -0.2) is 13.8 Å². The van der Waals surface area contributed by atoms with Crippen molar-refractivity contribution in [3.63, 3.8) is 0 Å². The summed E-state index contributed by atoms with van der Waals surface area (Å²) in [4.78, 5) is 19.2. The highest BCUT2D eigenvalue weighted by Crippen LogP contribution is 2.33. The van der Waals surface area contributed by atoms with Crippen molar-refractivity contribution >= 4 is 17.4 Å². The van der Waals surface area contributed by atoms with Crippen LogP contribution in [0.1, 0.15) is 18.7 Å². The Bertz CT molecular complexity index is 1090. The predicted octanol–water partition coefficient (Wildman–Crippen LogP) is 3.67. The second-order valence-corrected chi connectivity index (χ2v) is 7.99. The predicted molar refractivity (Wildman–Crippen MR) is 114 cm³/mol. The number of aromatic nitrogens is 2. The molecule has 5 rings (SSSR count). The Balaban J connectivity index is 1.45. The van der Waals surface area contributed by atoms with E-state index in [0.717, 1.165) is 35.7 Å². The van der Waals surface area contributed by atoms with Gasteiger partial charge >= 0.3 is 0 Å². The molecule has 2 N–H and O–H groups in total. The highest BCUT2D eigenvalue weighted by Gasteiger charge is 2.28. The molecule has 2 aliphatic rings. The van der Waals surface area contributed by atoms with E-state index in [2.05, 4.69) is 10.6 Å². The summed E-state index contributed by atoms with van der Waals surface area (Å²) in [6, 6.07) is 12.7. The van der Waals surface area contributed by atoms with Crippen LogP contribution < -0.4 is 10.6 Å². The Hall–Kier alpha value is -3.26. The minimum absolute atomic E-state index is 0.0672. The Kier molecular flexibility index (Phi) is 5.15. The molecule has 2 heterocycles. The highest BCUT2D eigenvalue weighted by atomic mass is 19.1. The molecule has 31 heavy (non-hydrogen) atoms. The minimum atomic E-state index is -0.319. The number of carbonyl (C=O) groups is 1. The molecule has 0 atom stereocenters. The first-order valence-electron chi connectivity index (χ1n) is 10.5. The molecular weight excluding hydrogens is 400 g/mol. The molecule has 0 saturated heterocycles. The van der Waals surface area contributed by atoms with Gasteiger partial charge in [0.25, 0.3) is 0 Å². The van der Waals surface area contributed by atoms with Gasteiger partial charge in [0.05, 0.1) is 13.1 Å². The zero-order valence-corrected chi connectivity index (χ0v) is 16.9. The van der Waals surface area contributed by atoms with Crippen LogP contribution in [0, 0.1) is 11.6 Å². The number of carbonyl (C=O) groups excluding carboxylic acids is 1. The fourth-order valence-corrected chi connectivity index (χ4v) is 3.78. The van der Waals surface area contributed by atoms with Crippen LogP contribution in [-0.4, -0.2) is 39.5 Å². The van der Waals surface area contributed by atoms with Crippen molar-refractivity contribution in [2.45, 2.75) is 32.0 Å². The third kappa shape index (κ3) is 4.29. The Morgan fingerprint density at radius 3 is 2.35 bits per heavy atom. The van der Waals surface area contributed by atoms with Crippen LogP contribution >= 0.6 is 0 Å². The summed E-state index contributed by atoms with van der Waals surface area (Å²) in [6.07, 6.45) is 2.27. The maximum atomic E-state index is 13.5. The van der Waals surface area contributed by atoms with Gasteiger partial charge in [-0.15, -0.1) is 0 Å². The lowest BCUT2D eigenvalue weighted by Gasteiger charge is -2.28. The molecule has 160 valence electrons. The summed E-state index contributed by atoms with van der Waals surface area (Å²) in [5.41, 5.74) is 2.16. The molecule has 0 bridgehead atoms. The topological polar surface area (TPSA) is 62.2 Å². The number of anilines is 2. The van der Waals surface area contributed by atoms with Gasteiger partial charge in [0, 0.05) is 30.4 Å². The summed E-state index contributed by atoms with van der Waals surface area (Å²) >= 11 is 0. The maximum absolute atomic E-state index is 13.5. The average molecular weight is 423 g/mol. The molecule has 6 nitrogen and oxygen atoms in total. The molecule has 1 fully saturated rings. The molecule has 1 amide bonds. The van der Waals surface area contributed by atoms with Crippen molar-refractivity contribution in [1.82, 2.24) is 19.8 Å². The lowest BCUT2D eigenvalue weighted by Crippen LogP contribution is -2.43. The first-order valence-corrected chi connectivity index (χ1v) is 10.5. The van der Waals surface area contributed by atoms with E-state index in [4.69, 9.17) is 4.98 Å². The maximum Gasteiger partial charge on any atom is 0.237 e. The molecule has 0 unspecified atom stereocenters. The van der Waals surface area contributed by atoms with Gasteiger partial charge in [-0.1, -0.05) is 0 Å². The minimum Gasteiger partial charge on any atom is -0.340 e. The van der Waals surface area contributed by atoms with E-state index in [1.54, 1.807) is 24.3 Å². The van der Waals surface area contributed by atoms with Crippen LogP contribution in [0.4, 0.5) is 20.3 Å². The van der Waals surface area contributed by atoms with E-state index in [0.29, 0.717) is 37.9 Å². The third-order valence-electron chi connectivity index (χ3n) is 5.67. The van der Waals surface area contributed by atoms with E-state index >= 15 is 0 Å². The summed E-state index contributed by atoms with van der Waals surface area (Å²) in [5, 5.41) is 6.60. The summed E-state index contributed by atoms with van der Waals surface area (Å²) in [6.45, 7) is 1.92. The van der Waals surface area contributed by atoms with Gasteiger partial charge in [0.1, 0.15) is 29.0 Å². The smallest absolute Gasteiger partial charge is 0.237 e. The van der Waals surface area contributed by atoms with Crippen LogP contribution in [0.3, 0.4) is 0 Å². The van der Waals surface area contributed by atoms with Gasteiger partial charge in [0.2, 0.25) is 5.91 Å². The van der Waals surface area contributed by atoms with Crippen LogP contribution in [0.15, 0.2) is 48.5 Å². The first-order chi connectivity index (χ1) is 15.1. The Labute approximate surface area is 178 Å². The summed E-state index contributed by atoms with van der Waals surface area (Å²) in [7, 11) is 0. The van der Waals surface area contributed by atoms with Crippen molar-refractivity contribution in [1.29, 1.82) is 0 Å². The van der Waals surface area contributed by atoms with Gasteiger partial charge < -0.3 is 20.1 Å². The number of rotatable bonds is 6. The number of amides is 1. The van der Waals surface area contributed by atoms with Crippen molar-refractivity contribution in [2.75, 3.05) is 18.4 Å². The zero-order chi connectivity index (χ0) is 21.4. The number of imidazole rings is 1. The van der Waals surface area contributed by atoms with Crippen LogP contribution in [-0.2, 0) is 17.9 Å². The molecule has 0 radical (unpaired) electrons. The fraction of sp³-hybridized carbons (Fsp3) is 0.304. The number of halogens is 2. The molecule has 8 heteroatoms. The van der Waals surface area contributed by atoms with Gasteiger partial charge in [0.15, 0.2) is 0 Å². The molecule has 1 aliphatic heterocycles. The number of hydrogen-bond donors (Lipinski definition) is 2. The molecular formula is C23H23F2N5O. The van der Waals surface area contributed by atoms with E-state index in [1.807, 2.05) is 9.47 Å². The lowest BCUT2D eigenvalue weighted by molar-refractivity contribution is -0.131. The lowest BCUT2D eigenvalue weighted by atomic mass is 10.1. The summed E-state index contributed by atoms with van der Waals surface area (Å²) < 4.78 is 28.8. The Morgan fingerprint density at radius 1 is 1.00 bits per heavy atom. The van der Waals surface area contributed by atoms with Crippen molar-refractivity contribution in [3.05, 3.63) is 66.0 Å². The molecule has 1 aromatic heterocycles. The second-order valence-electron chi connectivity index (χ2n) is 7.99. The van der Waals surface area contributed by atoms with Crippen molar-refractivity contribution < 1.29 is 13.6 Å². The van der Waals surface area contributed by atoms with Gasteiger partial charge in [-0.3, -0.25) is 4.79 Å². The van der Waals surface area contributed by atoms with Crippen molar-refractivity contribution in [3.8, 4) is 11.3 Å². The van der Waals surface area contributed by atoms with Crippen molar-refractivity contribution in [2.24, 2.45) is 0 Å². The van der Waals surface area contributed by atoms with Gasteiger partial charge in [-0.2, -0.15) is 0 Å². The number of hydrogen-bond acceptors (Lipinski definition) is 4. The van der Waals surface area contributed by atoms with Gasteiger partial charge in [-0.05, 0) is 61.4 Å². The van der Waals surface area contributed by atoms with E-state index in [9.17, 15) is 13.6 Å². The monoisotopic (exact) mass is 423 g/mol. The summed E-state index contributed by atoms with van der Waals surface area (Å²) in [5.74, 6) is 0.943. The number of benzene rings is 2. The molecule has 1 saturated carbocycles.